The lowest BCUT2D eigenvalue weighted by molar-refractivity contribution is 0.0714. The summed E-state index contributed by atoms with van der Waals surface area (Å²) in [5, 5.41) is 7.73. The monoisotopic (exact) mass is 466 g/mol. The number of carbonyl (C=O) groups is 2. The maximum Gasteiger partial charge on any atom is 0.274 e. The smallest absolute Gasteiger partial charge is 0.274 e. The molecule has 1 aliphatic heterocycles. The summed E-state index contributed by atoms with van der Waals surface area (Å²) in [7, 11) is 1.71. The summed E-state index contributed by atoms with van der Waals surface area (Å²) in [4.78, 5) is 27.6. The van der Waals surface area contributed by atoms with Crippen molar-refractivity contribution in [3.8, 4) is 5.75 Å². The van der Waals surface area contributed by atoms with Gasteiger partial charge in [0.2, 0.25) is 0 Å². The highest BCUT2D eigenvalue weighted by atomic mass is 35.5. The fourth-order valence-electron chi connectivity index (χ4n) is 3.85. The molecular formula is C25H27ClN4O3. The number of benzene rings is 2. The molecule has 8 heteroatoms. The van der Waals surface area contributed by atoms with Crippen LogP contribution < -0.4 is 10.1 Å². The first-order chi connectivity index (χ1) is 15.9. The van der Waals surface area contributed by atoms with Crippen LogP contribution in [0, 0.1) is 6.92 Å². The molecule has 0 bridgehead atoms. The van der Waals surface area contributed by atoms with Crippen LogP contribution in [0.5, 0.6) is 5.75 Å². The van der Waals surface area contributed by atoms with Crippen molar-refractivity contribution in [1.82, 2.24) is 14.7 Å². The van der Waals surface area contributed by atoms with Gasteiger partial charge < -0.3 is 15.0 Å². The number of ether oxygens (including phenoxy) is 1. The molecule has 7 nitrogen and oxygen atoms in total. The number of piperidine rings is 1. The summed E-state index contributed by atoms with van der Waals surface area (Å²) < 4.78 is 7.33. The molecule has 0 saturated carbocycles. The highest BCUT2D eigenvalue weighted by Gasteiger charge is 2.25. The number of nitrogens with one attached hydrogen (secondary N) is 1. The van der Waals surface area contributed by atoms with Crippen molar-refractivity contribution in [2.45, 2.75) is 32.8 Å². The van der Waals surface area contributed by atoms with Crippen LogP contribution in [0.1, 0.15) is 51.2 Å². The zero-order valence-corrected chi connectivity index (χ0v) is 19.6. The minimum atomic E-state index is -0.295. The lowest BCUT2D eigenvalue weighted by Crippen LogP contribution is -2.37. The summed E-state index contributed by atoms with van der Waals surface area (Å²) in [6, 6.07) is 12.7. The number of nitrogens with zero attached hydrogens (tertiary/aromatic N) is 3. The van der Waals surface area contributed by atoms with Gasteiger partial charge in [-0.25, -0.2) is 0 Å². The van der Waals surface area contributed by atoms with Crippen molar-refractivity contribution in [3.05, 3.63) is 76.1 Å². The van der Waals surface area contributed by atoms with Crippen LogP contribution in [0.4, 0.5) is 5.69 Å². The summed E-state index contributed by atoms with van der Waals surface area (Å²) in [6.45, 7) is 3.77. The maximum absolute atomic E-state index is 13.0. The number of rotatable bonds is 6. The van der Waals surface area contributed by atoms with Crippen LogP contribution in [0.2, 0.25) is 5.02 Å². The fraction of sp³-hybridized carbons (Fsp3) is 0.320. The van der Waals surface area contributed by atoms with E-state index in [0.29, 0.717) is 28.6 Å². The third-order valence-corrected chi connectivity index (χ3v) is 6.21. The Hall–Kier alpha value is -3.32. The zero-order chi connectivity index (χ0) is 23.4. The average molecular weight is 467 g/mol. The highest BCUT2D eigenvalue weighted by molar-refractivity contribution is 6.31. The summed E-state index contributed by atoms with van der Waals surface area (Å²) in [6.07, 6.45) is 4.66. The predicted octanol–water partition coefficient (Wildman–Crippen LogP) is 4.84. The molecule has 172 valence electrons. The van der Waals surface area contributed by atoms with Gasteiger partial charge in [0.25, 0.3) is 11.8 Å². The molecule has 0 unspecified atom stereocenters. The Labute approximate surface area is 198 Å². The zero-order valence-electron chi connectivity index (χ0n) is 18.8. The van der Waals surface area contributed by atoms with Gasteiger partial charge in [-0.2, -0.15) is 5.10 Å². The summed E-state index contributed by atoms with van der Waals surface area (Å²) in [5.74, 6) is 0.340. The van der Waals surface area contributed by atoms with Crippen LogP contribution >= 0.6 is 11.6 Å². The van der Waals surface area contributed by atoms with Crippen molar-refractivity contribution in [2.75, 3.05) is 18.4 Å². The predicted molar refractivity (Wildman–Crippen MR) is 128 cm³/mol. The second-order valence-corrected chi connectivity index (χ2v) is 8.64. The third kappa shape index (κ3) is 5.37. The quantitative estimate of drug-likeness (QED) is 0.564. The van der Waals surface area contributed by atoms with E-state index in [-0.39, 0.29) is 11.8 Å². The molecule has 2 heterocycles. The molecule has 1 saturated heterocycles. The molecule has 1 N–H and O–H groups in total. The first-order valence-corrected chi connectivity index (χ1v) is 11.4. The number of hydrogen-bond donors (Lipinski definition) is 1. The number of amides is 2. The van der Waals surface area contributed by atoms with E-state index in [0.717, 1.165) is 49.2 Å². The summed E-state index contributed by atoms with van der Waals surface area (Å²) in [5.41, 5.74) is 3.19. The number of hydrogen-bond acceptors (Lipinski definition) is 4. The second-order valence-electron chi connectivity index (χ2n) is 8.23. The Morgan fingerprint density at radius 1 is 1.09 bits per heavy atom. The number of halogens is 1. The van der Waals surface area contributed by atoms with Gasteiger partial charge in [-0.05, 0) is 67.6 Å². The fourth-order valence-corrected chi connectivity index (χ4v) is 3.97. The third-order valence-electron chi connectivity index (χ3n) is 5.78. The first-order valence-electron chi connectivity index (χ1n) is 11.0. The summed E-state index contributed by atoms with van der Waals surface area (Å²) >= 11 is 6.05. The second kappa shape index (κ2) is 10.1. The van der Waals surface area contributed by atoms with E-state index >= 15 is 0 Å². The molecule has 1 aliphatic rings. The lowest BCUT2D eigenvalue weighted by atomic mass is 10.1. The minimum absolute atomic E-state index is 0.102. The number of carbonyl (C=O) groups excluding carboxylic acids is 2. The molecule has 0 atom stereocenters. The van der Waals surface area contributed by atoms with Crippen molar-refractivity contribution in [2.24, 2.45) is 7.05 Å². The van der Waals surface area contributed by atoms with Crippen LogP contribution in [0.3, 0.4) is 0 Å². The Balaban J connectivity index is 1.40. The molecular weight excluding hydrogens is 440 g/mol. The van der Waals surface area contributed by atoms with Gasteiger partial charge in [-0.1, -0.05) is 23.7 Å². The number of aromatic nitrogens is 2. The van der Waals surface area contributed by atoms with Crippen LogP contribution in [-0.4, -0.2) is 39.6 Å². The van der Waals surface area contributed by atoms with E-state index in [1.54, 1.807) is 19.2 Å². The largest absolute Gasteiger partial charge is 0.489 e. The molecule has 3 aromatic rings. The van der Waals surface area contributed by atoms with Gasteiger partial charge in [0.05, 0.1) is 11.9 Å². The van der Waals surface area contributed by atoms with Gasteiger partial charge in [0.15, 0.2) is 0 Å². The topological polar surface area (TPSA) is 76.5 Å². The maximum atomic E-state index is 13.0. The van der Waals surface area contributed by atoms with Crippen molar-refractivity contribution in [1.29, 1.82) is 0 Å². The van der Waals surface area contributed by atoms with Crippen LogP contribution in [0.25, 0.3) is 0 Å². The minimum Gasteiger partial charge on any atom is -0.489 e. The van der Waals surface area contributed by atoms with E-state index in [1.165, 1.54) is 10.9 Å². The van der Waals surface area contributed by atoms with Gasteiger partial charge in [-0.15, -0.1) is 0 Å². The van der Waals surface area contributed by atoms with Gasteiger partial charge in [0, 0.05) is 30.7 Å². The molecule has 1 aromatic heterocycles. The van der Waals surface area contributed by atoms with E-state index in [4.69, 9.17) is 16.3 Å². The molecule has 4 rings (SSSR count). The molecule has 0 aliphatic carbocycles. The Kier molecular flexibility index (Phi) is 6.99. The highest BCUT2D eigenvalue weighted by Crippen LogP contribution is 2.23. The van der Waals surface area contributed by atoms with Gasteiger partial charge in [-0.3, -0.25) is 14.3 Å². The number of anilines is 1. The van der Waals surface area contributed by atoms with E-state index in [1.807, 2.05) is 42.2 Å². The Bertz CT molecular complexity index is 1150. The van der Waals surface area contributed by atoms with E-state index < -0.39 is 0 Å². The molecule has 0 radical (unpaired) electrons. The Morgan fingerprint density at radius 3 is 2.52 bits per heavy atom. The molecule has 2 amide bonds. The first kappa shape index (κ1) is 22.9. The van der Waals surface area contributed by atoms with Crippen molar-refractivity contribution >= 4 is 29.1 Å². The molecule has 33 heavy (non-hydrogen) atoms. The number of aryl methyl sites for hydroxylation is 2. The van der Waals surface area contributed by atoms with Gasteiger partial charge >= 0.3 is 0 Å². The van der Waals surface area contributed by atoms with Crippen LogP contribution in [0.15, 0.2) is 48.7 Å². The molecule has 1 fully saturated rings. The molecule has 2 aromatic carbocycles. The molecule has 0 spiro atoms. The van der Waals surface area contributed by atoms with Gasteiger partial charge in [0.1, 0.15) is 18.1 Å². The van der Waals surface area contributed by atoms with Crippen molar-refractivity contribution in [3.63, 3.8) is 0 Å². The van der Waals surface area contributed by atoms with E-state index in [2.05, 4.69) is 10.4 Å². The van der Waals surface area contributed by atoms with E-state index in [9.17, 15) is 9.59 Å². The normalized spacial score (nSPS) is 13.6. The number of likely N-dealkylation sites (tertiary alicyclic amines) is 1. The lowest BCUT2D eigenvalue weighted by Gasteiger charge is -2.27. The SMILES string of the molecule is Cc1cc(OCc2ccc(C(=O)Nc3cnn(C)c3C(=O)N3CCCCC3)cc2)ccc1Cl. The van der Waals surface area contributed by atoms with Crippen LogP contribution in [-0.2, 0) is 13.7 Å². The Morgan fingerprint density at radius 2 is 1.82 bits per heavy atom. The average Bonchev–Trinajstić information content (AvgIpc) is 3.19. The van der Waals surface area contributed by atoms with Crippen molar-refractivity contribution < 1.29 is 14.3 Å². The standard InChI is InChI=1S/C25H27ClN4O3/c1-17-14-20(10-11-21(17)26)33-16-18-6-8-19(9-7-18)24(31)28-22-15-27-29(2)23(22)25(32)30-12-4-3-5-13-30/h6-11,14-15H,3-5,12-13,16H2,1-2H3,(H,28,31).